The smallest absolute Gasteiger partial charge is 0.0414 e. The van der Waals surface area contributed by atoms with E-state index in [0.717, 1.165) is 5.33 Å². The monoisotopic (exact) mass is 338 g/mol. The molecule has 1 rings (SSSR count). The predicted molar refractivity (Wildman–Crippen MR) is 66.1 cm³/mol. The van der Waals surface area contributed by atoms with Crippen LogP contribution in [0, 0.1) is 0 Å². The van der Waals surface area contributed by atoms with Gasteiger partial charge in [0.25, 0.3) is 0 Å². The quantitative estimate of drug-likeness (QED) is 0.558. The third kappa shape index (κ3) is 2.73. The van der Waals surface area contributed by atoms with Crippen molar-refractivity contribution in [2.45, 2.75) is 22.6 Å². The average Bonchev–Trinajstić information content (AvgIpc) is 2.03. The van der Waals surface area contributed by atoms with E-state index in [-0.39, 0.29) is 3.42 Å². The van der Waals surface area contributed by atoms with E-state index in [9.17, 15) is 0 Å². The first-order valence-corrected chi connectivity index (χ1v) is 6.08. The van der Waals surface area contributed by atoms with E-state index in [0.29, 0.717) is 0 Å². The number of hydrogen-bond acceptors (Lipinski definition) is 0. The normalized spacial score (nSPS) is 11.7. The summed E-state index contributed by atoms with van der Waals surface area (Å²) in [6, 6.07) is 8.74. The number of hydrogen-bond donors (Lipinski definition) is 0. The van der Waals surface area contributed by atoms with E-state index in [2.05, 4.69) is 76.6 Å². The third-order valence-corrected chi connectivity index (χ3v) is 3.06. The molecule has 0 fully saturated rings. The molecule has 0 spiro atoms. The molecule has 0 amide bonds. The lowest BCUT2D eigenvalue weighted by Crippen LogP contribution is -2.05. The number of alkyl halides is 2. The molecule has 0 aliphatic carbocycles. The van der Waals surface area contributed by atoms with Gasteiger partial charge in [-0.2, -0.15) is 0 Å². The largest absolute Gasteiger partial charge is 0.0876 e. The molecule has 0 aromatic heterocycles. The zero-order valence-electron chi connectivity index (χ0n) is 7.27. The molecule has 0 saturated heterocycles. The zero-order valence-corrected chi connectivity index (χ0v) is 11.0. The zero-order chi connectivity index (χ0) is 9.19. The highest BCUT2D eigenvalue weighted by molar-refractivity contribution is 14.1. The van der Waals surface area contributed by atoms with Gasteiger partial charge in [-0.05, 0) is 25.0 Å². The fourth-order valence-corrected chi connectivity index (χ4v) is 1.72. The van der Waals surface area contributed by atoms with E-state index in [1.54, 1.807) is 0 Å². The maximum atomic E-state index is 3.43. The van der Waals surface area contributed by atoms with Crippen LogP contribution in [0.25, 0.3) is 0 Å². The summed E-state index contributed by atoms with van der Waals surface area (Å²) in [6.07, 6.45) is 0. The number of rotatable bonds is 2. The first-order valence-electron chi connectivity index (χ1n) is 3.88. The van der Waals surface area contributed by atoms with E-state index < -0.39 is 0 Å². The van der Waals surface area contributed by atoms with Gasteiger partial charge in [-0.1, -0.05) is 62.8 Å². The highest BCUT2D eigenvalue weighted by Gasteiger charge is 2.14. The minimum absolute atomic E-state index is 0.239. The van der Waals surface area contributed by atoms with Crippen molar-refractivity contribution in [1.82, 2.24) is 0 Å². The lowest BCUT2D eigenvalue weighted by atomic mass is 10.0. The van der Waals surface area contributed by atoms with Crippen LogP contribution in [0.5, 0.6) is 0 Å². The van der Waals surface area contributed by atoms with Gasteiger partial charge in [-0.3, -0.25) is 0 Å². The van der Waals surface area contributed by atoms with Crippen molar-refractivity contribution in [3.8, 4) is 0 Å². The van der Waals surface area contributed by atoms with Crippen LogP contribution in [0.2, 0.25) is 0 Å². The van der Waals surface area contributed by atoms with Crippen LogP contribution in [-0.2, 0) is 8.75 Å². The van der Waals surface area contributed by atoms with Gasteiger partial charge in [0.05, 0.1) is 0 Å². The molecule has 1 aromatic carbocycles. The van der Waals surface area contributed by atoms with Crippen LogP contribution < -0.4 is 0 Å². The second kappa shape index (κ2) is 4.09. The van der Waals surface area contributed by atoms with Gasteiger partial charge in [0.15, 0.2) is 0 Å². The van der Waals surface area contributed by atoms with Crippen LogP contribution in [0.3, 0.4) is 0 Å². The van der Waals surface area contributed by atoms with Gasteiger partial charge < -0.3 is 0 Å². The first kappa shape index (κ1) is 10.5. The van der Waals surface area contributed by atoms with Gasteiger partial charge >= 0.3 is 0 Å². The van der Waals surface area contributed by atoms with Crippen molar-refractivity contribution < 1.29 is 0 Å². The maximum Gasteiger partial charge on any atom is 0.0414 e. The van der Waals surface area contributed by atoms with Gasteiger partial charge in [0.1, 0.15) is 0 Å². The molecule has 66 valence electrons. The summed E-state index contributed by atoms with van der Waals surface area (Å²) in [4.78, 5) is 0. The van der Waals surface area contributed by atoms with Crippen molar-refractivity contribution in [1.29, 1.82) is 0 Å². The van der Waals surface area contributed by atoms with E-state index >= 15 is 0 Å². The van der Waals surface area contributed by atoms with Crippen molar-refractivity contribution in [3.05, 3.63) is 35.4 Å². The Hall–Kier alpha value is 0.430. The second-order valence-corrected chi connectivity index (χ2v) is 6.56. The first-order chi connectivity index (χ1) is 5.54. The van der Waals surface area contributed by atoms with Gasteiger partial charge in [-0.15, -0.1) is 0 Å². The van der Waals surface area contributed by atoms with E-state index in [4.69, 9.17) is 0 Å². The summed E-state index contributed by atoms with van der Waals surface area (Å²) >= 11 is 5.89. The van der Waals surface area contributed by atoms with Crippen LogP contribution in [-0.4, -0.2) is 0 Å². The highest BCUT2D eigenvalue weighted by atomic mass is 127. The molecule has 0 unspecified atom stereocenters. The Morgan fingerprint density at radius 1 is 1.25 bits per heavy atom. The SMILES string of the molecule is CC(C)(I)c1ccc(CBr)cc1. The Kier molecular flexibility index (Phi) is 3.58. The minimum Gasteiger partial charge on any atom is -0.0876 e. The molecule has 0 aliphatic rings. The van der Waals surface area contributed by atoms with Crippen LogP contribution in [0.15, 0.2) is 24.3 Å². The Morgan fingerprint density at radius 3 is 2.08 bits per heavy atom. The molecule has 0 heterocycles. The fourth-order valence-electron chi connectivity index (χ4n) is 0.990. The van der Waals surface area contributed by atoms with Crippen molar-refractivity contribution in [2.24, 2.45) is 0 Å². The fraction of sp³-hybridized carbons (Fsp3) is 0.400. The number of benzene rings is 1. The van der Waals surface area contributed by atoms with Crippen LogP contribution in [0.4, 0.5) is 0 Å². The Balaban J connectivity index is 2.93. The summed E-state index contributed by atoms with van der Waals surface area (Å²) in [7, 11) is 0. The molecule has 1 aromatic rings. The molecule has 0 nitrogen and oxygen atoms in total. The standard InChI is InChI=1S/C10H12BrI/c1-10(2,12)9-5-3-8(7-11)4-6-9/h3-6H,7H2,1-2H3. The number of halogens is 2. The molecule has 0 radical (unpaired) electrons. The van der Waals surface area contributed by atoms with Crippen molar-refractivity contribution in [2.75, 3.05) is 0 Å². The van der Waals surface area contributed by atoms with E-state index in [1.165, 1.54) is 11.1 Å². The Morgan fingerprint density at radius 2 is 1.75 bits per heavy atom. The van der Waals surface area contributed by atoms with Crippen LogP contribution in [0.1, 0.15) is 25.0 Å². The molecule has 12 heavy (non-hydrogen) atoms. The Bertz CT molecular complexity index is 246. The molecule has 0 bridgehead atoms. The van der Waals surface area contributed by atoms with Gasteiger partial charge in [0.2, 0.25) is 0 Å². The minimum atomic E-state index is 0.239. The molecule has 0 aliphatic heterocycles. The van der Waals surface area contributed by atoms with Crippen LogP contribution >= 0.6 is 38.5 Å². The third-order valence-electron chi connectivity index (χ3n) is 1.79. The summed E-state index contributed by atoms with van der Waals surface area (Å²) in [5.41, 5.74) is 2.72. The van der Waals surface area contributed by atoms with Crippen molar-refractivity contribution >= 4 is 38.5 Å². The molecule has 0 atom stereocenters. The summed E-state index contributed by atoms with van der Waals surface area (Å²) < 4.78 is 0.239. The second-order valence-electron chi connectivity index (χ2n) is 3.30. The molecule has 2 heteroatoms. The van der Waals surface area contributed by atoms with E-state index in [1.807, 2.05) is 0 Å². The maximum absolute atomic E-state index is 3.43. The molecule has 0 N–H and O–H groups in total. The van der Waals surface area contributed by atoms with Gasteiger partial charge in [-0.25, -0.2) is 0 Å². The van der Waals surface area contributed by atoms with Crippen molar-refractivity contribution in [3.63, 3.8) is 0 Å². The average molecular weight is 339 g/mol. The highest BCUT2D eigenvalue weighted by Crippen LogP contribution is 2.30. The molecular formula is C10H12BrI. The predicted octanol–water partition coefficient (Wildman–Crippen LogP) is 4.25. The Labute approximate surface area is 96.0 Å². The summed E-state index contributed by atoms with van der Waals surface area (Å²) in [6.45, 7) is 4.44. The lowest BCUT2D eigenvalue weighted by molar-refractivity contribution is 0.826. The summed E-state index contributed by atoms with van der Waals surface area (Å²) in [5, 5.41) is 0.939. The lowest BCUT2D eigenvalue weighted by Gasteiger charge is -2.16. The molecule has 0 saturated carbocycles. The molecular weight excluding hydrogens is 327 g/mol. The topological polar surface area (TPSA) is 0 Å². The summed E-state index contributed by atoms with van der Waals surface area (Å²) in [5.74, 6) is 0. The van der Waals surface area contributed by atoms with Gasteiger partial charge in [0, 0.05) is 8.75 Å².